The number of carbonyl (C=O) groups excluding carboxylic acids is 2. The molecule has 1 fully saturated rings. The van der Waals surface area contributed by atoms with E-state index in [1.54, 1.807) is 31.2 Å². The Bertz CT molecular complexity index is 915. The first-order valence-corrected chi connectivity index (χ1v) is 9.79. The predicted octanol–water partition coefficient (Wildman–Crippen LogP) is 3.29. The Morgan fingerprint density at radius 3 is 2.52 bits per heavy atom. The second-order valence-corrected chi connectivity index (χ2v) is 7.26. The van der Waals surface area contributed by atoms with Crippen LogP contribution in [0.3, 0.4) is 0 Å². The van der Waals surface area contributed by atoms with Gasteiger partial charge in [0, 0.05) is 30.4 Å². The largest absolute Gasteiger partial charge is 0.437 e. The summed E-state index contributed by atoms with van der Waals surface area (Å²) in [6.07, 6.45) is -4.80. The van der Waals surface area contributed by atoms with Crippen molar-refractivity contribution in [2.24, 2.45) is 0 Å². The predicted molar refractivity (Wildman–Crippen MR) is 107 cm³/mol. The molecule has 2 N–H and O–H groups in total. The summed E-state index contributed by atoms with van der Waals surface area (Å²) in [5, 5.41) is 6.04. The lowest BCUT2D eigenvalue weighted by Crippen LogP contribution is -2.58. The topological polar surface area (TPSA) is 83.6 Å². The number of rotatable bonds is 6. The summed E-state index contributed by atoms with van der Waals surface area (Å²) in [4.78, 5) is 30.1. The molecule has 0 spiro atoms. The molecule has 7 nitrogen and oxygen atoms in total. The number of nitrogens with one attached hydrogen (secondary N) is 2. The third-order valence-corrected chi connectivity index (χ3v) is 5.01. The van der Waals surface area contributed by atoms with Crippen LogP contribution in [0.1, 0.15) is 24.1 Å². The van der Waals surface area contributed by atoms with Gasteiger partial charge in [-0.05, 0) is 36.2 Å². The number of aromatic nitrogens is 1. The fourth-order valence-electron chi connectivity index (χ4n) is 3.08. The molecule has 1 unspecified atom stereocenters. The molecule has 1 aliphatic heterocycles. The fourth-order valence-corrected chi connectivity index (χ4v) is 3.21. The molecular formula is C20H20ClF3N4O3. The Morgan fingerprint density at radius 1 is 1.23 bits per heavy atom. The zero-order chi connectivity index (χ0) is 22.5. The lowest BCUT2D eigenvalue weighted by Gasteiger charge is -2.34. The van der Waals surface area contributed by atoms with Crippen molar-refractivity contribution < 1.29 is 27.5 Å². The molecule has 0 bridgehead atoms. The highest BCUT2D eigenvalue weighted by molar-refractivity contribution is 6.30. The van der Waals surface area contributed by atoms with E-state index in [1.807, 2.05) is 0 Å². The Balaban J connectivity index is 1.84. The Kier molecular flexibility index (Phi) is 7.21. The molecule has 1 aromatic heterocycles. The molecular weight excluding hydrogens is 437 g/mol. The molecule has 11 heteroatoms. The van der Waals surface area contributed by atoms with Gasteiger partial charge in [-0.2, -0.15) is 4.39 Å². The minimum absolute atomic E-state index is 0.257. The van der Waals surface area contributed by atoms with Crippen molar-refractivity contribution in [3.05, 3.63) is 58.7 Å². The van der Waals surface area contributed by atoms with Gasteiger partial charge in [0.2, 0.25) is 11.8 Å². The molecule has 2 aromatic rings. The van der Waals surface area contributed by atoms with E-state index < -0.39 is 30.9 Å². The van der Waals surface area contributed by atoms with Gasteiger partial charge >= 0.3 is 12.5 Å². The van der Waals surface area contributed by atoms with Crippen LogP contribution in [0.15, 0.2) is 42.6 Å². The number of alkyl halides is 3. The van der Waals surface area contributed by atoms with Crippen molar-refractivity contribution in [3.8, 4) is 5.88 Å². The SMILES string of the molecule is C[C@@H]1C(=O)NCCN1C(=O)N[C@H](c1ccc(Cl)cc1)c1ccc(OC(F)C(F)F)nc1. The number of hydrogen-bond acceptors (Lipinski definition) is 4. The van der Waals surface area contributed by atoms with E-state index in [1.165, 1.54) is 23.2 Å². The van der Waals surface area contributed by atoms with Gasteiger partial charge in [0.05, 0.1) is 6.04 Å². The Labute approximate surface area is 181 Å². The van der Waals surface area contributed by atoms with E-state index in [2.05, 4.69) is 20.4 Å². The molecule has 1 aromatic carbocycles. The van der Waals surface area contributed by atoms with Gasteiger partial charge < -0.3 is 20.3 Å². The lowest BCUT2D eigenvalue weighted by molar-refractivity contribution is -0.126. The highest BCUT2D eigenvalue weighted by Crippen LogP contribution is 2.25. The van der Waals surface area contributed by atoms with E-state index >= 15 is 0 Å². The van der Waals surface area contributed by atoms with Crippen molar-refractivity contribution in [1.82, 2.24) is 20.5 Å². The van der Waals surface area contributed by atoms with Crippen LogP contribution in [-0.2, 0) is 4.79 Å². The van der Waals surface area contributed by atoms with Crippen molar-refractivity contribution in [2.75, 3.05) is 13.1 Å². The number of amides is 3. The summed E-state index contributed by atoms with van der Waals surface area (Å²) >= 11 is 5.95. The molecule has 2 heterocycles. The highest BCUT2D eigenvalue weighted by Gasteiger charge is 2.31. The second-order valence-electron chi connectivity index (χ2n) is 6.83. The average Bonchev–Trinajstić information content (AvgIpc) is 2.75. The molecule has 3 atom stereocenters. The third kappa shape index (κ3) is 5.57. The minimum atomic E-state index is -3.30. The summed E-state index contributed by atoms with van der Waals surface area (Å²) in [5.41, 5.74) is 1.16. The van der Waals surface area contributed by atoms with Crippen molar-refractivity contribution in [3.63, 3.8) is 0 Å². The number of ether oxygens (including phenoxy) is 1. The number of hydrogen-bond donors (Lipinski definition) is 2. The number of piperazine rings is 1. The zero-order valence-corrected chi connectivity index (χ0v) is 17.2. The van der Waals surface area contributed by atoms with Gasteiger partial charge in [-0.3, -0.25) is 4.79 Å². The molecule has 0 aliphatic carbocycles. The van der Waals surface area contributed by atoms with Crippen molar-refractivity contribution in [2.45, 2.75) is 31.8 Å². The van der Waals surface area contributed by atoms with Crippen LogP contribution < -0.4 is 15.4 Å². The normalized spacial score (nSPS) is 18.3. The molecule has 0 radical (unpaired) electrons. The lowest BCUT2D eigenvalue weighted by atomic mass is 10.0. The third-order valence-electron chi connectivity index (χ3n) is 4.75. The standard InChI is InChI=1S/C20H20ClF3N4O3/c1-11-19(29)25-8-9-28(11)20(30)27-16(12-2-5-14(21)6-3-12)13-4-7-15(26-10-13)31-18(24)17(22)23/h2-7,10-11,16-18H,8-9H2,1H3,(H,25,29)(H,27,30)/t11-,16-,18?/m1/s1. The maximum atomic E-state index is 13.1. The van der Waals surface area contributed by atoms with E-state index in [0.29, 0.717) is 29.2 Å². The molecule has 31 heavy (non-hydrogen) atoms. The molecule has 1 aliphatic rings. The number of urea groups is 1. The highest BCUT2D eigenvalue weighted by atomic mass is 35.5. The van der Waals surface area contributed by atoms with E-state index in [0.717, 1.165) is 0 Å². The van der Waals surface area contributed by atoms with Crippen molar-refractivity contribution in [1.29, 1.82) is 0 Å². The van der Waals surface area contributed by atoms with Gasteiger partial charge in [0.15, 0.2) is 0 Å². The summed E-state index contributed by atoms with van der Waals surface area (Å²) in [5.74, 6) is -0.577. The quantitative estimate of drug-likeness (QED) is 0.698. The Morgan fingerprint density at radius 2 is 1.90 bits per heavy atom. The van der Waals surface area contributed by atoms with Crippen molar-refractivity contribution >= 4 is 23.5 Å². The average molecular weight is 457 g/mol. The molecule has 0 saturated carbocycles. The van der Waals surface area contributed by atoms with E-state index in [4.69, 9.17) is 11.6 Å². The van der Waals surface area contributed by atoms with Crippen LogP contribution in [0.25, 0.3) is 0 Å². The first-order chi connectivity index (χ1) is 14.8. The fraction of sp³-hybridized carbons (Fsp3) is 0.350. The Hall–Kier alpha value is -3.01. The smallest absolute Gasteiger partial charge is 0.318 e. The van der Waals surface area contributed by atoms with Crippen LogP contribution in [0.4, 0.5) is 18.0 Å². The van der Waals surface area contributed by atoms with Gasteiger partial charge in [0.25, 0.3) is 6.36 Å². The second kappa shape index (κ2) is 9.86. The zero-order valence-electron chi connectivity index (χ0n) is 16.4. The van der Waals surface area contributed by atoms with Crippen LogP contribution >= 0.6 is 11.6 Å². The number of pyridine rings is 1. The minimum Gasteiger partial charge on any atom is -0.437 e. The van der Waals surface area contributed by atoms with Gasteiger partial charge in [-0.25, -0.2) is 18.6 Å². The number of halogens is 4. The van der Waals surface area contributed by atoms with Gasteiger partial charge in [-0.15, -0.1) is 0 Å². The summed E-state index contributed by atoms with van der Waals surface area (Å²) in [7, 11) is 0. The number of nitrogens with zero attached hydrogens (tertiary/aromatic N) is 2. The van der Waals surface area contributed by atoms with Crippen LogP contribution in [-0.4, -0.2) is 53.7 Å². The molecule has 3 rings (SSSR count). The molecule has 1 saturated heterocycles. The molecule has 166 valence electrons. The van der Waals surface area contributed by atoms with E-state index in [9.17, 15) is 22.8 Å². The number of carbonyl (C=O) groups is 2. The van der Waals surface area contributed by atoms with Gasteiger partial charge in [0.1, 0.15) is 6.04 Å². The first-order valence-electron chi connectivity index (χ1n) is 9.41. The maximum Gasteiger partial charge on any atom is 0.318 e. The summed E-state index contributed by atoms with van der Waals surface area (Å²) in [6.45, 7) is 2.29. The van der Waals surface area contributed by atoms with Crippen LogP contribution in [0.2, 0.25) is 5.02 Å². The van der Waals surface area contributed by atoms with Crippen LogP contribution in [0.5, 0.6) is 5.88 Å². The summed E-state index contributed by atoms with van der Waals surface area (Å²) in [6, 6.07) is 7.61. The molecule has 3 amide bonds. The summed E-state index contributed by atoms with van der Waals surface area (Å²) < 4.78 is 42.2. The first kappa shape index (κ1) is 22.7. The maximum absolute atomic E-state index is 13.1. The van der Waals surface area contributed by atoms with Crippen LogP contribution in [0, 0.1) is 0 Å². The monoisotopic (exact) mass is 456 g/mol. The van der Waals surface area contributed by atoms with Gasteiger partial charge in [-0.1, -0.05) is 23.7 Å². The number of benzene rings is 1. The van der Waals surface area contributed by atoms with E-state index in [-0.39, 0.29) is 11.8 Å².